The predicted molar refractivity (Wildman–Crippen MR) is 84.9 cm³/mol. The Labute approximate surface area is 131 Å². The average molecular weight is 304 g/mol. The molecule has 2 N–H and O–H groups in total. The average Bonchev–Trinajstić information content (AvgIpc) is 2.82. The summed E-state index contributed by atoms with van der Waals surface area (Å²) in [6.45, 7) is 10.5. The first-order valence-electron chi connectivity index (χ1n) is 7.64. The van der Waals surface area contributed by atoms with E-state index in [1.165, 1.54) is 0 Å². The number of fused-ring (bicyclic) bond motifs is 1. The third-order valence-electron chi connectivity index (χ3n) is 3.43. The molecule has 2 heterocycles. The van der Waals surface area contributed by atoms with E-state index < -0.39 is 0 Å². The fourth-order valence-electron chi connectivity index (χ4n) is 2.54. The number of imidazole rings is 1. The minimum Gasteiger partial charge on any atom is -0.347 e. The summed E-state index contributed by atoms with van der Waals surface area (Å²) in [4.78, 5) is 29.0. The quantitative estimate of drug-likeness (QED) is 0.831. The van der Waals surface area contributed by atoms with Gasteiger partial charge in [-0.15, -0.1) is 6.58 Å². The first kappa shape index (κ1) is 16.3. The summed E-state index contributed by atoms with van der Waals surface area (Å²) in [5.41, 5.74) is 0.871. The molecule has 0 aromatic carbocycles. The molecule has 0 radical (unpaired) electrons. The van der Waals surface area contributed by atoms with Crippen LogP contribution in [0.5, 0.6) is 0 Å². The minimum absolute atomic E-state index is 0.238. The van der Waals surface area contributed by atoms with Crippen LogP contribution >= 0.6 is 0 Å². The Bertz CT molecular complexity index is 596. The second-order valence-electron chi connectivity index (χ2n) is 6.54. The molecule has 2 amide bonds. The Morgan fingerprint density at radius 2 is 2.05 bits per heavy atom. The zero-order valence-corrected chi connectivity index (χ0v) is 13.5. The Morgan fingerprint density at radius 1 is 1.32 bits per heavy atom. The van der Waals surface area contributed by atoms with Gasteiger partial charge in [0, 0.05) is 18.6 Å². The van der Waals surface area contributed by atoms with Crippen molar-refractivity contribution in [3.8, 4) is 0 Å². The van der Waals surface area contributed by atoms with Crippen LogP contribution in [0.4, 0.5) is 0 Å². The third kappa shape index (κ3) is 3.55. The summed E-state index contributed by atoms with van der Waals surface area (Å²) in [7, 11) is 0. The number of amides is 2. The molecule has 0 unspecified atom stereocenters. The van der Waals surface area contributed by atoms with Crippen molar-refractivity contribution in [1.29, 1.82) is 0 Å². The van der Waals surface area contributed by atoms with E-state index in [1.54, 1.807) is 6.08 Å². The molecule has 2 rings (SSSR count). The van der Waals surface area contributed by atoms with Crippen molar-refractivity contribution in [2.75, 3.05) is 6.54 Å². The zero-order valence-electron chi connectivity index (χ0n) is 13.5. The largest absolute Gasteiger partial charge is 0.347 e. The van der Waals surface area contributed by atoms with Crippen LogP contribution in [-0.2, 0) is 13.0 Å². The second-order valence-corrected chi connectivity index (χ2v) is 6.54. The highest BCUT2D eigenvalue weighted by Gasteiger charge is 2.28. The van der Waals surface area contributed by atoms with Crippen molar-refractivity contribution in [3.05, 3.63) is 29.9 Å². The number of rotatable bonds is 4. The number of nitrogens with one attached hydrogen (secondary N) is 2. The predicted octanol–water partition coefficient (Wildman–Crippen LogP) is 1.66. The van der Waals surface area contributed by atoms with Crippen LogP contribution in [-0.4, -0.2) is 33.4 Å². The van der Waals surface area contributed by atoms with E-state index in [-0.39, 0.29) is 17.4 Å². The molecule has 6 nitrogen and oxygen atoms in total. The first-order valence-corrected chi connectivity index (χ1v) is 7.64. The van der Waals surface area contributed by atoms with Crippen LogP contribution in [0.3, 0.4) is 0 Å². The number of nitrogens with zero attached hydrogens (tertiary/aromatic N) is 2. The Hall–Kier alpha value is -2.11. The van der Waals surface area contributed by atoms with Crippen LogP contribution < -0.4 is 10.6 Å². The van der Waals surface area contributed by atoms with Crippen molar-refractivity contribution >= 4 is 11.8 Å². The van der Waals surface area contributed by atoms with Crippen LogP contribution in [0.2, 0.25) is 0 Å². The van der Waals surface area contributed by atoms with Crippen molar-refractivity contribution < 1.29 is 9.59 Å². The molecule has 1 aromatic rings. The van der Waals surface area contributed by atoms with Crippen molar-refractivity contribution in [2.45, 2.75) is 52.1 Å². The summed E-state index contributed by atoms with van der Waals surface area (Å²) in [5.74, 6) is -0.160. The molecular weight excluding hydrogens is 280 g/mol. The van der Waals surface area contributed by atoms with Gasteiger partial charge in [-0.1, -0.05) is 6.08 Å². The molecule has 0 atom stereocenters. The molecule has 22 heavy (non-hydrogen) atoms. The molecule has 0 aliphatic carbocycles. The fraction of sp³-hybridized carbons (Fsp3) is 0.562. The van der Waals surface area contributed by atoms with E-state index in [4.69, 9.17) is 0 Å². The third-order valence-corrected chi connectivity index (χ3v) is 3.43. The van der Waals surface area contributed by atoms with Gasteiger partial charge in [0.15, 0.2) is 5.82 Å². The van der Waals surface area contributed by atoms with Crippen LogP contribution in [0, 0.1) is 0 Å². The van der Waals surface area contributed by atoms with Gasteiger partial charge in [-0.05, 0) is 40.0 Å². The maximum atomic E-state index is 12.4. The van der Waals surface area contributed by atoms with Crippen LogP contribution in [0.15, 0.2) is 12.7 Å². The SMILES string of the molecule is C=CCNC(=O)c1nc(C(=O)NC(C)(C)C)n2c1CCCC2. The normalized spacial score (nSPS) is 14.1. The number of hydrogen-bond donors (Lipinski definition) is 2. The molecule has 0 bridgehead atoms. The van der Waals surface area contributed by atoms with E-state index >= 15 is 0 Å². The summed E-state index contributed by atoms with van der Waals surface area (Å²) >= 11 is 0. The van der Waals surface area contributed by atoms with Crippen molar-refractivity contribution in [2.24, 2.45) is 0 Å². The van der Waals surface area contributed by atoms with Crippen molar-refractivity contribution in [1.82, 2.24) is 20.2 Å². The molecule has 1 aliphatic rings. The fourth-order valence-corrected chi connectivity index (χ4v) is 2.54. The lowest BCUT2D eigenvalue weighted by Crippen LogP contribution is -2.42. The highest BCUT2D eigenvalue weighted by atomic mass is 16.2. The maximum Gasteiger partial charge on any atom is 0.287 e. The van der Waals surface area contributed by atoms with E-state index in [2.05, 4.69) is 22.2 Å². The molecule has 1 aliphatic heterocycles. The molecule has 0 fully saturated rings. The Balaban J connectivity index is 2.35. The second kappa shape index (κ2) is 6.34. The molecule has 0 saturated carbocycles. The zero-order chi connectivity index (χ0) is 16.3. The van der Waals surface area contributed by atoms with Gasteiger partial charge in [-0.25, -0.2) is 4.98 Å². The molecule has 120 valence electrons. The van der Waals surface area contributed by atoms with Crippen molar-refractivity contribution in [3.63, 3.8) is 0 Å². The molecule has 6 heteroatoms. The highest BCUT2D eigenvalue weighted by Crippen LogP contribution is 2.21. The van der Waals surface area contributed by atoms with Gasteiger partial charge in [0.2, 0.25) is 0 Å². The minimum atomic E-state index is -0.344. The Morgan fingerprint density at radius 3 is 2.68 bits per heavy atom. The Kier molecular flexibility index (Phi) is 4.68. The van der Waals surface area contributed by atoms with E-state index in [1.807, 2.05) is 25.3 Å². The summed E-state index contributed by atoms with van der Waals surface area (Å²) in [6.07, 6.45) is 4.39. The van der Waals surface area contributed by atoms with Gasteiger partial charge in [0.05, 0.1) is 5.69 Å². The smallest absolute Gasteiger partial charge is 0.287 e. The van der Waals surface area contributed by atoms with Gasteiger partial charge in [0.25, 0.3) is 11.8 Å². The van der Waals surface area contributed by atoms with E-state index in [0.29, 0.717) is 18.1 Å². The summed E-state index contributed by atoms with van der Waals surface area (Å²) in [6, 6.07) is 0. The number of carbonyl (C=O) groups is 2. The van der Waals surface area contributed by atoms with Gasteiger partial charge < -0.3 is 15.2 Å². The number of carbonyl (C=O) groups excluding carboxylic acids is 2. The van der Waals surface area contributed by atoms with E-state index in [0.717, 1.165) is 31.5 Å². The van der Waals surface area contributed by atoms with Gasteiger partial charge in [-0.3, -0.25) is 9.59 Å². The van der Waals surface area contributed by atoms with E-state index in [9.17, 15) is 9.59 Å². The number of aromatic nitrogens is 2. The number of hydrogen-bond acceptors (Lipinski definition) is 3. The standard InChI is InChI=1S/C16H24N4O2/c1-5-9-17-14(21)12-11-8-6-7-10-20(11)13(18-12)15(22)19-16(2,3)4/h5H,1,6-10H2,2-4H3,(H,17,21)(H,19,22). The lowest BCUT2D eigenvalue weighted by atomic mass is 10.1. The molecule has 0 spiro atoms. The molecule has 1 aromatic heterocycles. The topological polar surface area (TPSA) is 76.0 Å². The molecule has 0 saturated heterocycles. The van der Waals surface area contributed by atoms with Crippen LogP contribution in [0.1, 0.15) is 60.4 Å². The maximum absolute atomic E-state index is 12.4. The monoisotopic (exact) mass is 304 g/mol. The first-order chi connectivity index (χ1) is 10.3. The van der Waals surface area contributed by atoms with Gasteiger partial charge in [0.1, 0.15) is 5.69 Å². The summed E-state index contributed by atoms with van der Waals surface area (Å²) in [5, 5.41) is 5.65. The highest BCUT2D eigenvalue weighted by molar-refractivity contribution is 5.97. The van der Waals surface area contributed by atoms with Crippen LogP contribution in [0.25, 0.3) is 0 Å². The summed E-state index contributed by atoms with van der Waals surface area (Å²) < 4.78 is 1.88. The lowest BCUT2D eigenvalue weighted by molar-refractivity contribution is 0.0903. The molecular formula is C16H24N4O2. The van der Waals surface area contributed by atoms with Gasteiger partial charge >= 0.3 is 0 Å². The van der Waals surface area contributed by atoms with Gasteiger partial charge in [-0.2, -0.15) is 0 Å². The lowest BCUT2D eigenvalue weighted by Gasteiger charge is -2.22.